The second kappa shape index (κ2) is 8.86. The van der Waals surface area contributed by atoms with E-state index < -0.39 is 18.0 Å². The molecule has 3 aromatic rings. The highest BCUT2D eigenvalue weighted by molar-refractivity contribution is 5.83. The van der Waals surface area contributed by atoms with E-state index in [9.17, 15) is 14.4 Å². The number of amides is 1. The van der Waals surface area contributed by atoms with Crippen LogP contribution < -0.4 is 20.3 Å². The van der Waals surface area contributed by atoms with Crippen molar-refractivity contribution in [2.75, 3.05) is 6.79 Å². The molecule has 2 heterocycles. The zero-order chi connectivity index (χ0) is 21.8. The molecule has 1 atom stereocenters. The highest BCUT2D eigenvalue weighted by Crippen LogP contribution is 2.32. The Bertz CT molecular complexity index is 1190. The number of para-hydroxylation sites is 1. The molecule has 0 fully saturated rings. The fourth-order valence-electron chi connectivity index (χ4n) is 3.17. The van der Waals surface area contributed by atoms with Gasteiger partial charge in [-0.25, -0.2) is 4.98 Å². The van der Waals surface area contributed by atoms with Crippen molar-refractivity contribution >= 4 is 22.8 Å². The summed E-state index contributed by atoms with van der Waals surface area (Å²) >= 11 is 0. The van der Waals surface area contributed by atoms with E-state index in [4.69, 9.17) is 14.2 Å². The number of esters is 1. The second-order valence-corrected chi connectivity index (χ2v) is 7.07. The van der Waals surface area contributed by atoms with E-state index in [1.807, 2.05) is 6.07 Å². The number of fused-ring (bicyclic) bond motifs is 2. The lowest BCUT2D eigenvalue weighted by Crippen LogP contribution is -2.35. The quantitative estimate of drug-likeness (QED) is 0.557. The van der Waals surface area contributed by atoms with Crippen LogP contribution >= 0.6 is 0 Å². The van der Waals surface area contributed by atoms with Gasteiger partial charge in [-0.3, -0.25) is 14.4 Å². The maximum absolute atomic E-state index is 12.2. The Hall–Kier alpha value is -3.88. The fraction of sp³-hybridized carbons (Fsp3) is 0.273. The van der Waals surface area contributed by atoms with Crippen LogP contribution in [-0.4, -0.2) is 34.7 Å². The number of aryl methyl sites for hydroxylation is 1. The molecule has 2 N–H and O–H groups in total. The van der Waals surface area contributed by atoms with Gasteiger partial charge in [0.2, 0.25) is 6.79 Å². The minimum Gasteiger partial charge on any atom is -0.454 e. The predicted molar refractivity (Wildman–Crippen MR) is 111 cm³/mol. The summed E-state index contributed by atoms with van der Waals surface area (Å²) in [6, 6.07) is 12.4. The Morgan fingerprint density at radius 3 is 2.87 bits per heavy atom. The number of H-pyrrole nitrogens is 1. The number of rotatable bonds is 7. The normalized spacial score (nSPS) is 13.1. The number of carbonyl (C=O) groups is 2. The van der Waals surface area contributed by atoms with Crippen LogP contribution in [0, 0.1) is 0 Å². The molecule has 0 spiro atoms. The number of benzene rings is 2. The van der Waals surface area contributed by atoms with Crippen molar-refractivity contribution in [3.8, 4) is 11.5 Å². The molecule has 0 saturated heterocycles. The van der Waals surface area contributed by atoms with Gasteiger partial charge in [-0.15, -0.1) is 0 Å². The third-order valence-electron chi connectivity index (χ3n) is 4.81. The zero-order valence-corrected chi connectivity index (χ0v) is 16.8. The maximum Gasteiger partial charge on any atom is 0.307 e. The Balaban J connectivity index is 1.26. The first kappa shape index (κ1) is 20.4. The molecule has 1 aromatic heterocycles. The van der Waals surface area contributed by atoms with Crippen LogP contribution in [0.5, 0.6) is 11.5 Å². The van der Waals surface area contributed by atoms with Gasteiger partial charge in [0, 0.05) is 13.0 Å². The van der Waals surface area contributed by atoms with E-state index in [0.29, 0.717) is 28.2 Å². The molecule has 0 unspecified atom stereocenters. The van der Waals surface area contributed by atoms with Crippen molar-refractivity contribution in [2.45, 2.75) is 32.4 Å². The SMILES string of the molecule is C[C@@H](OC(=O)CCc1nc2ccccc2c(=O)[nH]1)C(=O)NCc1ccc2c(c1)OCO2. The van der Waals surface area contributed by atoms with Gasteiger partial charge in [-0.2, -0.15) is 0 Å². The average Bonchev–Trinajstić information content (AvgIpc) is 3.24. The first-order valence-corrected chi connectivity index (χ1v) is 9.83. The van der Waals surface area contributed by atoms with Gasteiger partial charge in [-0.05, 0) is 36.8 Å². The van der Waals surface area contributed by atoms with Gasteiger partial charge < -0.3 is 24.5 Å². The predicted octanol–water partition coefficient (Wildman–Crippen LogP) is 1.83. The molecule has 9 nitrogen and oxygen atoms in total. The van der Waals surface area contributed by atoms with Crippen molar-refractivity contribution in [1.82, 2.24) is 15.3 Å². The number of hydrogen-bond acceptors (Lipinski definition) is 7. The molecule has 1 aliphatic heterocycles. The molecular weight excluding hydrogens is 402 g/mol. The van der Waals surface area contributed by atoms with Gasteiger partial charge in [0.15, 0.2) is 17.6 Å². The van der Waals surface area contributed by atoms with Crippen molar-refractivity contribution in [3.63, 3.8) is 0 Å². The van der Waals surface area contributed by atoms with Crippen LogP contribution in [0.25, 0.3) is 10.9 Å². The lowest BCUT2D eigenvalue weighted by Gasteiger charge is -2.13. The number of nitrogens with one attached hydrogen (secondary N) is 2. The largest absolute Gasteiger partial charge is 0.454 e. The molecule has 0 radical (unpaired) electrons. The van der Waals surface area contributed by atoms with Crippen LogP contribution in [-0.2, 0) is 27.3 Å². The highest BCUT2D eigenvalue weighted by Gasteiger charge is 2.19. The maximum atomic E-state index is 12.2. The van der Waals surface area contributed by atoms with E-state index in [0.717, 1.165) is 5.56 Å². The summed E-state index contributed by atoms with van der Waals surface area (Å²) in [5, 5.41) is 3.21. The molecule has 1 amide bonds. The first-order chi connectivity index (χ1) is 15.0. The van der Waals surface area contributed by atoms with Gasteiger partial charge in [-0.1, -0.05) is 18.2 Å². The zero-order valence-electron chi connectivity index (χ0n) is 16.8. The molecule has 0 aliphatic carbocycles. The average molecular weight is 423 g/mol. The summed E-state index contributed by atoms with van der Waals surface area (Å²) in [7, 11) is 0. The van der Waals surface area contributed by atoms with Crippen molar-refractivity contribution < 1.29 is 23.8 Å². The summed E-state index contributed by atoms with van der Waals surface area (Å²) in [5.41, 5.74) is 1.14. The van der Waals surface area contributed by atoms with Gasteiger partial charge in [0.05, 0.1) is 17.3 Å². The molecule has 2 aromatic carbocycles. The molecule has 31 heavy (non-hydrogen) atoms. The number of carbonyl (C=O) groups excluding carboxylic acids is 2. The lowest BCUT2D eigenvalue weighted by atomic mass is 10.2. The third-order valence-corrected chi connectivity index (χ3v) is 4.81. The molecule has 160 valence electrons. The topological polar surface area (TPSA) is 120 Å². The number of nitrogens with zero attached hydrogens (tertiary/aromatic N) is 1. The molecule has 9 heteroatoms. The van der Waals surface area contributed by atoms with Crippen LogP contribution in [0.1, 0.15) is 24.7 Å². The smallest absolute Gasteiger partial charge is 0.307 e. The summed E-state index contributed by atoms with van der Waals surface area (Å²) in [4.78, 5) is 43.5. The van der Waals surface area contributed by atoms with Gasteiger partial charge >= 0.3 is 5.97 Å². The summed E-state index contributed by atoms with van der Waals surface area (Å²) in [6.45, 7) is 1.95. The molecule has 0 saturated carbocycles. The molecule has 0 bridgehead atoms. The molecule has 1 aliphatic rings. The number of ether oxygens (including phenoxy) is 3. The van der Waals surface area contributed by atoms with E-state index >= 15 is 0 Å². The highest BCUT2D eigenvalue weighted by atomic mass is 16.7. The van der Waals surface area contributed by atoms with Crippen molar-refractivity contribution in [2.24, 2.45) is 0 Å². The Morgan fingerprint density at radius 1 is 1.19 bits per heavy atom. The monoisotopic (exact) mass is 423 g/mol. The standard InChI is InChI=1S/C22H21N3O6/c1-13(21(27)23-11-14-6-7-17-18(10-14)30-12-29-17)31-20(26)9-8-19-24-16-5-3-2-4-15(16)22(28)25-19/h2-7,10,13H,8-9,11-12H2,1H3,(H,23,27)(H,24,25,28)/t13-/m1/s1. The van der Waals surface area contributed by atoms with Gasteiger partial charge in [0.25, 0.3) is 11.5 Å². The minimum absolute atomic E-state index is 0.0128. The van der Waals surface area contributed by atoms with Crippen LogP contribution in [0.2, 0.25) is 0 Å². The van der Waals surface area contributed by atoms with E-state index in [1.54, 1.807) is 36.4 Å². The number of aromatic amines is 1. The van der Waals surface area contributed by atoms with Crippen LogP contribution in [0.15, 0.2) is 47.3 Å². The minimum atomic E-state index is -0.954. The van der Waals surface area contributed by atoms with Crippen molar-refractivity contribution in [1.29, 1.82) is 0 Å². The second-order valence-electron chi connectivity index (χ2n) is 7.07. The lowest BCUT2D eigenvalue weighted by molar-refractivity contribution is -0.154. The Morgan fingerprint density at radius 2 is 2.00 bits per heavy atom. The van der Waals surface area contributed by atoms with Gasteiger partial charge in [0.1, 0.15) is 5.82 Å². The van der Waals surface area contributed by atoms with E-state index in [1.165, 1.54) is 6.92 Å². The molecule has 4 rings (SSSR count). The summed E-state index contributed by atoms with van der Waals surface area (Å²) in [6.07, 6.45) is -0.768. The van der Waals surface area contributed by atoms with Crippen LogP contribution in [0.3, 0.4) is 0 Å². The third kappa shape index (κ3) is 4.82. The molecular formula is C22H21N3O6. The Labute approximate surface area is 177 Å². The fourth-order valence-corrected chi connectivity index (χ4v) is 3.17. The van der Waals surface area contributed by atoms with Crippen LogP contribution in [0.4, 0.5) is 0 Å². The number of aromatic nitrogens is 2. The summed E-state index contributed by atoms with van der Waals surface area (Å²) in [5.74, 6) is 0.719. The number of hydrogen-bond donors (Lipinski definition) is 2. The Kier molecular flexibility index (Phi) is 5.83. The first-order valence-electron chi connectivity index (χ1n) is 9.83. The van der Waals surface area contributed by atoms with Crippen molar-refractivity contribution in [3.05, 3.63) is 64.2 Å². The van der Waals surface area contributed by atoms with E-state index in [-0.39, 0.29) is 31.7 Å². The summed E-state index contributed by atoms with van der Waals surface area (Å²) < 4.78 is 15.8. The van der Waals surface area contributed by atoms with E-state index in [2.05, 4.69) is 15.3 Å².